The number of morpholine rings is 1. The second kappa shape index (κ2) is 7.40. The van der Waals surface area contributed by atoms with Crippen molar-refractivity contribution in [3.05, 3.63) is 29.0 Å². The maximum absolute atomic E-state index is 12.5. The molecule has 2 fully saturated rings. The molecule has 2 aliphatic heterocycles. The fraction of sp³-hybridized carbons (Fsp3) is 0.625. The molecular formula is C16H22ClN3O2. The Morgan fingerprint density at radius 3 is 2.59 bits per heavy atom. The number of pyridine rings is 1. The lowest BCUT2D eigenvalue weighted by Crippen LogP contribution is -2.46. The van der Waals surface area contributed by atoms with Gasteiger partial charge < -0.3 is 9.64 Å². The Hall–Kier alpha value is -1.17. The van der Waals surface area contributed by atoms with E-state index in [9.17, 15) is 4.79 Å². The monoisotopic (exact) mass is 323 g/mol. The highest BCUT2D eigenvalue weighted by molar-refractivity contribution is 6.29. The summed E-state index contributed by atoms with van der Waals surface area (Å²) in [5, 5.41) is 0.526. The number of nitrogens with zero attached hydrogens (tertiary/aromatic N) is 3. The molecule has 1 aromatic heterocycles. The molecule has 0 radical (unpaired) electrons. The Morgan fingerprint density at radius 1 is 1.23 bits per heavy atom. The van der Waals surface area contributed by atoms with Crippen LogP contribution in [0.15, 0.2) is 18.3 Å². The molecule has 2 aliphatic rings. The van der Waals surface area contributed by atoms with Crippen molar-refractivity contribution in [2.24, 2.45) is 5.92 Å². The number of piperidine rings is 1. The average molecular weight is 324 g/mol. The molecule has 3 rings (SSSR count). The van der Waals surface area contributed by atoms with Gasteiger partial charge in [0.05, 0.1) is 13.2 Å². The lowest BCUT2D eigenvalue weighted by atomic mass is 9.95. The van der Waals surface area contributed by atoms with Gasteiger partial charge in [0.15, 0.2) is 0 Å². The van der Waals surface area contributed by atoms with E-state index in [1.807, 2.05) is 23.2 Å². The number of aromatic nitrogens is 1. The van der Waals surface area contributed by atoms with E-state index < -0.39 is 0 Å². The second-order valence-corrected chi connectivity index (χ2v) is 6.36. The molecule has 120 valence electrons. The molecular weight excluding hydrogens is 302 g/mol. The SMILES string of the molecule is O=C(C1CCN(Cc2ccc(Cl)nc2)CC1)N1CCOCC1. The number of carbonyl (C=O) groups excluding carboxylic acids is 1. The molecule has 1 aromatic rings. The highest BCUT2D eigenvalue weighted by atomic mass is 35.5. The Morgan fingerprint density at radius 2 is 1.95 bits per heavy atom. The third-order valence-corrected chi connectivity index (χ3v) is 4.68. The van der Waals surface area contributed by atoms with Gasteiger partial charge in [-0.1, -0.05) is 17.7 Å². The topological polar surface area (TPSA) is 45.7 Å². The van der Waals surface area contributed by atoms with Crippen molar-refractivity contribution in [2.75, 3.05) is 39.4 Å². The average Bonchev–Trinajstić information content (AvgIpc) is 2.58. The van der Waals surface area contributed by atoms with Crippen molar-refractivity contribution in [1.29, 1.82) is 0 Å². The summed E-state index contributed by atoms with van der Waals surface area (Å²) in [5.74, 6) is 0.494. The third-order valence-electron chi connectivity index (χ3n) is 4.45. The normalized spacial score (nSPS) is 21.0. The minimum Gasteiger partial charge on any atom is -0.378 e. The van der Waals surface area contributed by atoms with E-state index in [1.165, 1.54) is 5.56 Å². The Labute approximate surface area is 136 Å². The van der Waals surface area contributed by atoms with Crippen LogP contribution in [0.3, 0.4) is 0 Å². The highest BCUT2D eigenvalue weighted by Crippen LogP contribution is 2.21. The van der Waals surface area contributed by atoms with Crippen LogP contribution in [0.25, 0.3) is 0 Å². The molecule has 22 heavy (non-hydrogen) atoms. The summed E-state index contributed by atoms with van der Waals surface area (Å²) >= 11 is 5.81. The van der Waals surface area contributed by atoms with Crippen LogP contribution in [0.5, 0.6) is 0 Å². The van der Waals surface area contributed by atoms with Crippen molar-refractivity contribution in [3.8, 4) is 0 Å². The first-order valence-electron chi connectivity index (χ1n) is 7.92. The number of carbonyl (C=O) groups is 1. The van der Waals surface area contributed by atoms with E-state index in [0.717, 1.165) is 45.6 Å². The Bertz CT molecular complexity index is 495. The number of likely N-dealkylation sites (tertiary alicyclic amines) is 1. The molecule has 1 amide bonds. The molecule has 0 atom stereocenters. The number of rotatable bonds is 3. The van der Waals surface area contributed by atoms with Crippen molar-refractivity contribution >= 4 is 17.5 Å². The predicted molar refractivity (Wildman–Crippen MR) is 84.6 cm³/mol. The molecule has 0 unspecified atom stereocenters. The molecule has 3 heterocycles. The van der Waals surface area contributed by atoms with Crippen LogP contribution in [0.2, 0.25) is 5.15 Å². The van der Waals surface area contributed by atoms with Crippen molar-refractivity contribution in [3.63, 3.8) is 0 Å². The summed E-state index contributed by atoms with van der Waals surface area (Å²) < 4.78 is 5.31. The van der Waals surface area contributed by atoms with Gasteiger partial charge in [0.2, 0.25) is 5.91 Å². The van der Waals surface area contributed by atoms with Crippen molar-refractivity contribution in [1.82, 2.24) is 14.8 Å². The molecule has 0 aliphatic carbocycles. The Balaban J connectivity index is 1.47. The zero-order valence-electron chi connectivity index (χ0n) is 12.7. The minimum absolute atomic E-state index is 0.178. The van der Waals surface area contributed by atoms with E-state index in [-0.39, 0.29) is 5.92 Å². The standard InChI is InChI=1S/C16H22ClN3O2/c17-15-2-1-13(11-18-15)12-19-5-3-14(4-6-19)16(21)20-7-9-22-10-8-20/h1-2,11,14H,3-10,12H2. The predicted octanol–water partition coefficient (Wildman–Crippen LogP) is 1.81. The summed E-state index contributed by atoms with van der Waals surface area (Å²) in [6, 6.07) is 3.84. The van der Waals surface area contributed by atoms with Gasteiger partial charge in [-0.2, -0.15) is 0 Å². The molecule has 5 nitrogen and oxygen atoms in total. The van der Waals surface area contributed by atoms with Crippen LogP contribution < -0.4 is 0 Å². The summed E-state index contributed by atoms with van der Waals surface area (Å²) in [7, 11) is 0. The highest BCUT2D eigenvalue weighted by Gasteiger charge is 2.29. The van der Waals surface area contributed by atoms with Gasteiger partial charge in [0.1, 0.15) is 5.15 Å². The number of amides is 1. The zero-order valence-corrected chi connectivity index (χ0v) is 13.5. The number of ether oxygens (including phenoxy) is 1. The molecule has 2 saturated heterocycles. The van der Waals surface area contributed by atoms with Crippen molar-refractivity contribution in [2.45, 2.75) is 19.4 Å². The quantitative estimate of drug-likeness (QED) is 0.796. The van der Waals surface area contributed by atoms with Gasteiger partial charge in [0, 0.05) is 31.7 Å². The summed E-state index contributed by atoms with van der Waals surface area (Å²) in [6.45, 7) is 5.64. The van der Waals surface area contributed by atoms with E-state index in [0.29, 0.717) is 24.3 Å². The van der Waals surface area contributed by atoms with Crippen LogP contribution in [0, 0.1) is 5.92 Å². The lowest BCUT2D eigenvalue weighted by Gasteiger charge is -2.35. The summed E-state index contributed by atoms with van der Waals surface area (Å²) in [4.78, 5) is 20.9. The molecule has 0 aromatic carbocycles. The first kappa shape index (κ1) is 15.7. The maximum atomic E-state index is 12.5. The molecule has 0 N–H and O–H groups in total. The van der Waals surface area contributed by atoms with Gasteiger partial charge >= 0.3 is 0 Å². The second-order valence-electron chi connectivity index (χ2n) is 5.98. The first-order valence-corrected chi connectivity index (χ1v) is 8.29. The summed E-state index contributed by atoms with van der Waals surface area (Å²) in [5.41, 5.74) is 1.17. The van der Waals surface area contributed by atoms with Gasteiger partial charge in [-0.25, -0.2) is 4.98 Å². The van der Waals surface area contributed by atoms with Gasteiger partial charge in [-0.15, -0.1) is 0 Å². The fourth-order valence-corrected chi connectivity index (χ4v) is 3.25. The molecule has 6 heteroatoms. The third kappa shape index (κ3) is 3.97. The number of hydrogen-bond acceptors (Lipinski definition) is 4. The van der Waals surface area contributed by atoms with E-state index in [4.69, 9.17) is 16.3 Å². The maximum Gasteiger partial charge on any atom is 0.225 e. The molecule has 0 spiro atoms. The van der Waals surface area contributed by atoms with E-state index in [2.05, 4.69) is 9.88 Å². The fourth-order valence-electron chi connectivity index (χ4n) is 3.14. The minimum atomic E-state index is 0.178. The molecule has 0 bridgehead atoms. The smallest absolute Gasteiger partial charge is 0.225 e. The van der Waals surface area contributed by atoms with E-state index >= 15 is 0 Å². The van der Waals surface area contributed by atoms with Crippen LogP contribution in [-0.4, -0.2) is 60.1 Å². The first-order chi connectivity index (χ1) is 10.7. The van der Waals surface area contributed by atoms with Crippen LogP contribution in [-0.2, 0) is 16.1 Å². The van der Waals surface area contributed by atoms with Crippen LogP contribution in [0.4, 0.5) is 0 Å². The van der Waals surface area contributed by atoms with Gasteiger partial charge in [-0.05, 0) is 37.6 Å². The van der Waals surface area contributed by atoms with Crippen molar-refractivity contribution < 1.29 is 9.53 Å². The number of halogens is 1. The number of hydrogen-bond donors (Lipinski definition) is 0. The van der Waals surface area contributed by atoms with Crippen LogP contribution in [0.1, 0.15) is 18.4 Å². The largest absolute Gasteiger partial charge is 0.378 e. The zero-order chi connectivity index (χ0) is 15.4. The van der Waals surface area contributed by atoms with Gasteiger partial charge in [0.25, 0.3) is 0 Å². The van der Waals surface area contributed by atoms with E-state index in [1.54, 1.807) is 0 Å². The van der Waals surface area contributed by atoms with Crippen LogP contribution >= 0.6 is 11.6 Å². The molecule has 0 saturated carbocycles. The Kier molecular flexibility index (Phi) is 5.28. The lowest BCUT2D eigenvalue weighted by molar-refractivity contribution is -0.141. The summed E-state index contributed by atoms with van der Waals surface area (Å²) in [6.07, 6.45) is 3.71. The van der Waals surface area contributed by atoms with Gasteiger partial charge in [-0.3, -0.25) is 9.69 Å².